The molecule has 5 rings (SSSR count). The van der Waals surface area contributed by atoms with Gasteiger partial charge in [-0.15, -0.1) is 0 Å². The van der Waals surface area contributed by atoms with E-state index in [1.165, 1.54) is 10.9 Å². The second-order valence-electron chi connectivity index (χ2n) is 6.35. The Morgan fingerprint density at radius 2 is 1.83 bits per heavy atom. The number of rotatable bonds is 1. The van der Waals surface area contributed by atoms with Gasteiger partial charge in [0, 0.05) is 17.0 Å². The van der Waals surface area contributed by atoms with Crippen molar-refractivity contribution in [2.24, 2.45) is 0 Å². The molecular weight excluding hydrogens is 284 g/mol. The predicted octanol–water partition coefficient (Wildman–Crippen LogP) is 5.41. The SMILES string of the molecule is CC(C)c1ccc2c(c1)-n1c3ncccc3c3cccc(c31)O2. The van der Waals surface area contributed by atoms with Crippen LogP contribution in [0.2, 0.25) is 0 Å². The van der Waals surface area contributed by atoms with Crippen molar-refractivity contribution in [3.05, 3.63) is 60.3 Å². The molecule has 1 aliphatic heterocycles. The Morgan fingerprint density at radius 3 is 2.70 bits per heavy atom. The first-order valence-electron chi connectivity index (χ1n) is 7.94. The normalized spacial score (nSPS) is 12.7. The lowest BCUT2D eigenvalue weighted by Crippen LogP contribution is -2.05. The molecule has 0 fully saturated rings. The number of fused-ring (bicyclic) bond motifs is 5. The van der Waals surface area contributed by atoms with Crippen LogP contribution in [0.4, 0.5) is 0 Å². The van der Waals surface area contributed by atoms with Crippen LogP contribution in [0.3, 0.4) is 0 Å². The summed E-state index contributed by atoms with van der Waals surface area (Å²) in [6.07, 6.45) is 1.85. The highest BCUT2D eigenvalue weighted by Crippen LogP contribution is 2.45. The van der Waals surface area contributed by atoms with E-state index in [1.807, 2.05) is 24.4 Å². The molecule has 0 unspecified atom stereocenters. The molecule has 2 aromatic heterocycles. The molecule has 0 radical (unpaired) electrons. The smallest absolute Gasteiger partial charge is 0.152 e. The van der Waals surface area contributed by atoms with Gasteiger partial charge < -0.3 is 4.74 Å². The average Bonchev–Trinajstić information content (AvgIpc) is 2.92. The van der Waals surface area contributed by atoms with Gasteiger partial charge in [0.25, 0.3) is 0 Å². The highest BCUT2D eigenvalue weighted by atomic mass is 16.5. The zero-order valence-electron chi connectivity index (χ0n) is 13.1. The Balaban J connectivity index is 1.99. The fraction of sp³-hybridized carbons (Fsp3) is 0.150. The van der Waals surface area contributed by atoms with Crippen molar-refractivity contribution in [2.45, 2.75) is 19.8 Å². The maximum atomic E-state index is 6.17. The molecule has 3 nitrogen and oxygen atoms in total. The quantitative estimate of drug-likeness (QED) is 0.414. The van der Waals surface area contributed by atoms with Gasteiger partial charge in [-0.3, -0.25) is 4.57 Å². The van der Waals surface area contributed by atoms with E-state index in [2.05, 4.69) is 53.7 Å². The lowest BCUT2D eigenvalue weighted by molar-refractivity contribution is 0.476. The van der Waals surface area contributed by atoms with E-state index in [9.17, 15) is 0 Å². The zero-order chi connectivity index (χ0) is 15.6. The van der Waals surface area contributed by atoms with E-state index in [0.717, 1.165) is 33.7 Å². The molecule has 2 aromatic carbocycles. The van der Waals surface area contributed by atoms with Crippen LogP contribution in [0.5, 0.6) is 11.5 Å². The molecule has 0 saturated heterocycles. The van der Waals surface area contributed by atoms with Crippen LogP contribution in [0, 0.1) is 0 Å². The minimum atomic E-state index is 0.475. The fourth-order valence-electron chi connectivity index (χ4n) is 3.45. The number of pyridine rings is 1. The zero-order valence-corrected chi connectivity index (χ0v) is 13.1. The van der Waals surface area contributed by atoms with Crippen molar-refractivity contribution < 1.29 is 4.74 Å². The number of aromatic nitrogens is 2. The summed E-state index contributed by atoms with van der Waals surface area (Å²) < 4.78 is 8.41. The molecule has 0 aliphatic carbocycles. The van der Waals surface area contributed by atoms with E-state index < -0.39 is 0 Å². The van der Waals surface area contributed by atoms with Gasteiger partial charge in [0.1, 0.15) is 5.65 Å². The molecule has 1 aliphatic rings. The van der Waals surface area contributed by atoms with Gasteiger partial charge >= 0.3 is 0 Å². The van der Waals surface area contributed by atoms with Gasteiger partial charge in [0.2, 0.25) is 0 Å². The summed E-state index contributed by atoms with van der Waals surface area (Å²) in [7, 11) is 0. The van der Waals surface area contributed by atoms with Gasteiger partial charge in [-0.2, -0.15) is 0 Å². The lowest BCUT2D eigenvalue weighted by atomic mass is 10.0. The minimum Gasteiger partial charge on any atom is -0.453 e. The fourth-order valence-corrected chi connectivity index (χ4v) is 3.45. The molecule has 0 amide bonds. The summed E-state index contributed by atoms with van der Waals surface area (Å²) in [5, 5.41) is 2.35. The number of hydrogen-bond acceptors (Lipinski definition) is 2. The predicted molar refractivity (Wildman–Crippen MR) is 92.7 cm³/mol. The van der Waals surface area contributed by atoms with E-state index in [-0.39, 0.29) is 0 Å². The second kappa shape index (κ2) is 4.35. The summed E-state index contributed by atoms with van der Waals surface area (Å²) in [6, 6.07) is 16.8. The molecule has 0 bridgehead atoms. The maximum Gasteiger partial charge on any atom is 0.152 e. The second-order valence-corrected chi connectivity index (χ2v) is 6.35. The standard InChI is InChI=1S/C20H16N2O/c1-12(2)13-8-9-17-16(11-13)22-19-14(5-3-7-18(19)23-17)15-6-4-10-21-20(15)22/h3-12H,1-2H3. The van der Waals surface area contributed by atoms with Crippen LogP contribution in [0.25, 0.3) is 27.6 Å². The van der Waals surface area contributed by atoms with Gasteiger partial charge in [-0.1, -0.05) is 32.0 Å². The molecule has 23 heavy (non-hydrogen) atoms. The number of para-hydroxylation sites is 1. The third kappa shape index (κ3) is 1.62. The molecule has 0 atom stereocenters. The van der Waals surface area contributed by atoms with E-state index in [1.54, 1.807) is 0 Å². The largest absolute Gasteiger partial charge is 0.453 e. The molecule has 3 heteroatoms. The highest BCUT2D eigenvalue weighted by Gasteiger charge is 2.24. The monoisotopic (exact) mass is 300 g/mol. The molecule has 112 valence electrons. The van der Waals surface area contributed by atoms with Gasteiger partial charge in [-0.05, 0) is 41.8 Å². The summed E-state index contributed by atoms with van der Waals surface area (Å²) in [5.74, 6) is 2.26. The number of hydrogen-bond donors (Lipinski definition) is 0. The number of benzene rings is 2. The molecular formula is C20H16N2O. The van der Waals surface area contributed by atoms with Crippen LogP contribution in [-0.2, 0) is 0 Å². The first kappa shape index (κ1) is 12.7. The van der Waals surface area contributed by atoms with E-state index >= 15 is 0 Å². The Labute approximate surface area is 134 Å². The van der Waals surface area contributed by atoms with Gasteiger partial charge in [0.15, 0.2) is 11.5 Å². The van der Waals surface area contributed by atoms with Crippen molar-refractivity contribution in [1.29, 1.82) is 0 Å². The third-order valence-corrected chi connectivity index (χ3v) is 4.62. The van der Waals surface area contributed by atoms with Crippen molar-refractivity contribution in [3.63, 3.8) is 0 Å². The van der Waals surface area contributed by atoms with E-state index in [4.69, 9.17) is 4.74 Å². The maximum absolute atomic E-state index is 6.17. The number of ether oxygens (including phenoxy) is 1. The van der Waals surface area contributed by atoms with Crippen LogP contribution >= 0.6 is 0 Å². The van der Waals surface area contributed by atoms with Crippen LogP contribution in [0.1, 0.15) is 25.3 Å². The summed E-state index contributed by atoms with van der Waals surface area (Å²) in [6.45, 7) is 4.42. The highest BCUT2D eigenvalue weighted by molar-refractivity contribution is 6.10. The Hall–Kier alpha value is -2.81. The lowest BCUT2D eigenvalue weighted by Gasteiger charge is -2.21. The van der Waals surface area contributed by atoms with Crippen LogP contribution in [0.15, 0.2) is 54.7 Å². The molecule has 4 aromatic rings. The first-order valence-corrected chi connectivity index (χ1v) is 7.94. The van der Waals surface area contributed by atoms with Gasteiger partial charge in [0.05, 0.1) is 11.2 Å². The topological polar surface area (TPSA) is 27.1 Å². The first-order chi connectivity index (χ1) is 11.2. The summed E-state index contributed by atoms with van der Waals surface area (Å²) >= 11 is 0. The average molecular weight is 300 g/mol. The van der Waals surface area contributed by atoms with E-state index in [0.29, 0.717) is 5.92 Å². The minimum absolute atomic E-state index is 0.475. The Kier molecular flexibility index (Phi) is 2.41. The van der Waals surface area contributed by atoms with Crippen LogP contribution < -0.4 is 4.74 Å². The Morgan fingerprint density at radius 1 is 0.957 bits per heavy atom. The molecule has 3 heterocycles. The third-order valence-electron chi connectivity index (χ3n) is 4.62. The van der Waals surface area contributed by atoms with Crippen LogP contribution in [-0.4, -0.2) is 9.55 Å². The molecule has 0 saturated carbocycles. The van der Waals surface area contributed by atoms with Crippen molar-refractivity contribution >= 4 is 21.9 Å². The van der Waals surface area contributed by atoms with Gasteiger partial charge in [-0.25, -0.2) is 4.98 Å². The summed E-state index contributed by atoms with van der Waals surface area (Å²) in [4.78, 5) is 4.65. The summed E-state index contributed by atoms with van der Waals surface area (Å²) in [5.41, 5.74) is 4.47. The van der Waals surface area contributed by atoms with Crippen molar-refractivity contribution in [2.75, 3.05) is 0 Å². The molecule has 0 N–H and O–H groups in total. The molecule has 0 spiro atoms. The Bertz CT molecular complexity index is 1080. The van der Waals surface area contributed by atoms with Crippen molar-refractivity contribution in [1.82, 2.24) is 9.55 Å². The van der Waals surface area contributed by atoms with Crippen molar-refractivity contribution in [3.8, 4) is 17.2 Å². The number of nitrogens with zero attached hydrogens (tertiary/aromatic N) is 2.